The predicted molar refractivity (Wildman–Crippen MR) is 163 cm³/mol. The zero-order chi connectivity index (χ0) is 30.4. The Morgan fingerprint density at radius 1 is 0.854 bits per heavy atom. The second-order valence-electron chi connectivity index (χ2n) is 10.5. The van der Waals surface area contributed by atoms with Crippen LogP contribution in [-0.4, -0.2) is 17.3 Å². The van der Waals surface area contributed by atoms with Crippen LogP contribution in [0, 0.1) is 0 Å². The topological polar surface area (TPSA) is 48.4 Å². The molecule has 0 atom stereocenters. The number of alkyl halides is 3. The molecule has 0 fully saturated rings. The number of fused-ring (bicyclic) bond motifs is 1. The van der Waals surface area contributed by atoms with E-state index in [1.807, 2.05) is 6.08 Å². The van der Waals surface area contributed by atoms with E-state index < -0.39 is 12.3 Å². The normalized spacial score (nSPS) is 13.5. The second kappa shape index (κ2) is 17.0. The molecule has 0 aliphatic carbocycles. The molecule has 2 aromatic rings. The summed E-state index contributed by atoms with van der Waals surface area (Å²) in [5, 5.41) is 0.465. The summed E-state index contributed by atoms with van der Waals surface area (Å²) in [6.07, 6.45) is 13.2. The summed E-state index contributed by atoms with van der Waals surface area (Å²) in [4.78, 5) is 16.6. The van der Waals surface area contributed by atoms with Crippen molar-refractivity contribution in [2.45, 2.75) is 99.3 Å². The van der Waals surface area contributed by atoms with Crippen molar-refractivity contribution >= 4 is 27.5 Å². The minimum absolute atomic E-state index is 0.0637. The first-order valence-corrected chi connectivity index (χ1v) is 14.7. The summed E-state index contributed by atoms with van der Waals surface area (Å²) in [5.74, 6) is -0.287. The third-order valence-corrected chi connectivity index (χ3v) is 7.25. The number of esters is 1. The molecule has 0 saturated heterocycles. The maximum absolute atomic E-state index is 12.4. The fourth-order valence-corrected chi connectivity index (χ4v) is 5.00. The molecule has 0 spiro atoms. The molecule has 4 nitrogen and oxygen atoms in total. The molecule has 0 aliphatic heterocycles. The molecule has 0 radical (unpaired) electrons. The maximum Gasteiger partial charge on any atom is 0.573 e. The lowest BCUT2D eigenvalue weighted by Crippen LogP contribution is -2.16. The predicted octanol–water partition coefficient (Wildman–Crippen LogP) is 10.7. The van der Waals surface area contributed by atoms with E-state index in [2.05, 4.69) is 68.6 Å². The van der Waals surface area contributed by atoms with Crippen LogP contribution >= 0.6 is 11.3 Å². The van der Waals surface area contributed by atoms with Crippen molar-refractivity contribution in [2.24, 2.45) is 0 Å². The van der Waals surface area contributed by atoms with Crippen LogP contribution in [0.4, 0.5) is 13.2 Å². The quantitative estimate of drug-likeness (QED) is 0.118. The van der Waals surface area contributed by atoms with E-state index in [4.69, 9.17) is 4.74 Å². The van der Waals surface area contributed by atoms with Gasteiger partial charge in [-0.1, -0.05) is 46.6 Å². The molecule has 0 aliphatic rings. The van der Waals surface area contributed by atoms with Crippen LogP contribution in [0.25, 0.3) is 10.2 Å². The summed E-state index contributed by atoms with van der Waals surface area (Å²) >= 11 is 1.14. The van der Waals surface area contributed by atoms with E-state index in [-0.39, 0.29) is 12.2 Å². The Hall–Kier alpha value is -3.13. The van der Waals surface area contributed by atoms with Gasteiger partial charge in [0, 0.05) is 0 Å². The third kappa shape index (κ3) is 14.9. The van der Waals surface area contributed by atoms with Crippen molar-refractivity contribution in [1.29, 1.82) is 0 Å². The van der Waals surface area contributed by atoms with E-state index in [1.165, 1.54) is 40.5 Å². The van der Waals surface area contributed by atoms with Crippen molar-refractivity contribution in [2.75, 3.05) is 0 Å². The average molecular weight is 590 g/mol. The largest absolute Gasteiger partial charge is 0.573 e. The molecule has 1 aromatic heterocycles. The highest BCUT2D eigenvalue weighted by Crippen LogP contribution is 2.30. The highest BCUT2D eigenvalue weighted by Gasteiger charge is 2.31. The lowest BCUT2D eigenvalue weighted by atomic mass is 10.0. The van der Waals surface area contributed by atoms with Crippen LogP contribution in [0.3, 0.4) is 0 Å². The number of hydrogen-bond acceptors (Lipinski definition) is 5. The second-order valence-corrected chi connectivity index (χ2v) is 11.7. The minimum Gasteiger partial charge on any atom is -0.431 e. The number of allylic oxidation sites excluding steroid dienone is 10. The van der Waals surface area contributed by atoms with Crippen molar-refractivity contribution in [3.05, 3.63) is 81.6 Å². The number of carbonyl (C=O) groups is 1. The molecule has 0 bridgehead atoms. The van der Waals surface area contributed by atoms with Gasteiger partial charge in [-0.15, -0.1) is 24.5 Å². The first-order valence-electron chi connectivity index (χ1n) is 13.9. The van der Waals surface area contributed by atoms with Crippen molar-refractivity contribution in [3.8, 4) is 5.75 Å². The molecular formula is C33H42F3NO3S. The Kier molecular flexibility index (Phi) is 14.1. The number of aromatic nitrogens is 1. The van der Waals surface area contributed by atoms with Gasteiger partial charge in [0.25, 0.3) is 0 Å². The van der Waals surface area contributed by atoms with Crippen LogP contribution in [0.15, 0.2) is 76.6 Å². The Balaban J connectivity index is 1.73. The van der Waals surface area contributed by atoms with Gasteiger partial charge in [0.1, 0.15) is 16.5 Å². The van der Waals surface area contributed by atoms with Gasteiger partial charge >= 0.3 is 12.3 Å². The summed E-state index contributed by atoms with van der Waals surface area (Å²) < 4.78 is 47.2. The van der Waals surface area contributed by atoms with Crippen molar-refractivity contribution in [3.63, 3.8) is 0 Å². The number of halogens is 3. The first-order chi connectivity index (χ1) is 19.3. The van der Waals surface area contributed by atoms with E-state index in [0.29, 0.717) is 27.4 Å². The molecule has 0 amide bonds. The van der Waals surface area contributed by atoms with Crippen LogP contribution in [0.5, 0.6) is 5.75 Å². The number of ether oxygens (including phenoxy) is 2. The Bertz CT molecular complexity index is 1310. The van der Waals surface area contributed by atoms with Crippen molar-refractivity contribution < 1.29 is 27.4 Å². The molecule has 2 rings (SSSR count). The average Bonchev–Trinajstić information content (AvgIpc) is 3.23. The zero-order valence-corrected chi connectivity index (χ0v) is 25.8. The van der Waals surface area contributed by atoms with Gasteiger partial charge in [-0.2, -0.15) is 0 Å². The molecule has 0 N–H and O–H groups in total. The third-order valence-electron chi connectivity index (χ3n) is 6.23. The molecule has 224 valence electrons. The summed E-state index contributed by atoms with van der Waals surface area (Å²) in [5.41, 5.74) is 6.03. The maximum atomic E-state index is 12.4. The lowest BCUT2D eigenvalue weighted by molar-refractivity contribution is -0.274. The van der Waals surface area contributed by atoms with Crippen LogP contribution in [-0.2, 0) is 16.0 Å². The van der Waals surface area contributed by atoms with E-state index >= 15 is 0 Å². The molecule has 0 unspecified atom stereocenters. The van der Waals surface area contributed by atoms with Gasteiger partial charge in [0.15, 0.2) is 0 Å². The monoisotopic (exact) mass is 589 g/mol. The SMILES string of the molecule is CC(C)=CCC/C(C)=C/CC/C(C)=C/CC/C(C)=C/C/C=C(\C)OC(=O)Cc1nc2ccc(OC(F)(F)F)cc2s1. The number of carbonyl (C=O) groups excluding carboxylic acids is 1. The molecule has 1 aromatic carbocycles. The van der Waals surface area contributed by atoms with Gasteiger partial charge in [-0.05, 0) is 111 Å². The van der Waals surface area contributed by atoms with E-state index in [0.717, 1.165) is 49.9 Å². The van der Waals surface area contributed by atoms with Gasteiger partial charge < -0.3 is 9.47 Å². The number of nitrogens with zero attached hydrogens (tertiary/aromatic N) is 1. The smallest absolute Gasteiger partial charge is 0.431 e. The Labute approximate surface area is 246 Å². The van der Waals surface area contributed by atoms with E-state index in [9.17, 15) is 18.0 Å². The van der Waals surface area contributed by atoms with Crippen LogP contribution in [0.1, 0.15) is 91.5 Å². The van der Waals surface area contributed by atoms with Crippen molar-refractivity contribution in [1.82, 2.24) is 4.98 Å². The minimum atomic E-state index is -4.76. The van der Waals surface area contributed by atoms with Gasteiger partial charge in [0.05, 0.1) is 16.6 Å². The van der Waals surface area contributed by atoms with Crippen LogP contribution < -0.4 is 4.74 Å². The fraction of sp³-hybridized carbons (Fsp3) is 0.455. The highest BCUT2D eigenvalue weighted by molar-refractivity contribution is 7.18. The van der Waals surface area contributed by atoms with Gasteiger partial charge in [-0.3, -0.25) is 4.79 Å². The van der Waals surface area contributed by atoms with E-state index in [1.54, 1.807) is 6.92 Å². The van der Waals surface area contributed by atoms with Crippen LogP contribution in [0.2, 0.25) is 0 Å². The highest BCUT2D eigenvalue weighted by atomic mass is 32.1. The first kappa shape index (κ1) is 34.1. The fourth-order valence-electron chi connectivity index (χ4n) is 4.02. The molecular weight excluding hydrogens is 547 g/mol. The van der Waals surface area contributed by atoms with Gasteiger partial charge in [0.2, 0.25) is 0 Å². The number of thiazole rings is 1. The van der Waals surface area contributed by atoms with Gasteiger partial charge in [-0.25, -0.2) is 4.98 Å². The molecule has 1 heterocycles. The molecule has 0 saturated carbocycles. The Morgan fingerprint density at radius 2 is 1.44 bits per heavy atom. The number of benzene rings is 1. The number of hydrogen-bond donors (Lipinski definition) is 0. The summed E-state index contributed by atoms with van der Waals surface area (Å²) in [6, 6.07) is 3.90. The lowest BCUT2D eigenvalue weighted by Gasteiger charge is -2.07. The summed E-state index contributed by atoms with van der Waals surface area (Å²) in [7, 11) is 0. The number of rotatable bonds is 15. The summed E-state index contributed by atoms with van der Waals surface area (Å²) in [6.45, 7) is 12.5. The molecule has 41 heavy (non-hydrogen) atoms. The molecule has 8 heteroatoms. The zero-order valence-electron chi connectivity index (χ0n) is 25.0. The standard InChI is InChI=1S/C33H42F3NO3S/c1-23(2)11-7-12-24(3)13-8-14-25(4)15-9-16-26(5)17-10-18-27(6)39-32(38)22-31-37-29-20-19-28(21-30(29)41-31)40-33(34,35)36/h11,13,15,17-21H,7-10,12,14,16,22H2,1-6H3/b24-13+,25-15+,26-17+,27-18+. The Morgan fingerprint density at radius 3 is 2.02 bits per heavy atom.